The molecule has 0 aliphatic heterocycles. The van der Waals surface area contributed by atoms with Crippen LogP contribution in [0.5, 0.6) is 0 Å². The second-order valence-corrected chi connectivity index (χ2v) is 6.63. The first-order chi connectivity index (χ1) is 13.4. The fraction of sp³-hybridized carbons (Fsp3) is 0.200. The van der Waals surface area contributed by atoms with E-state index in [2.05, 4.69) is 15.5 Å². The molecule has 0 spiro atoms. The Morgan fingerprint density at radius 2 is 1.82 bits per heavy atom. The summed E-state index contributed by atoms with van der Waals surface area (Å²) in [5.41, 5.74) is 3.69. The monoisotopic (exact) mass is 377 g/mol. The van der Waals surface area contributed by atoms with E-state index in [4.69, 9.17) is 4.42 Å². The van der Waals surface area contributed by atoms with Gasteiger partial charge in [0.25, 0.3) is 5.91 Å². The summed E-state index contributed by atoms with van der Waals surface area (Å²) < 4.78 is 8.50. The molecule has 0 unspecified atom stereocenters. The molecule has 1 aromatic carbocycles. The molecule has 3 heterocycles. The van der Waals surface area contributed by atoms with Crippen LogP contribution >= 0.6 is 0 Å². The summed E-state index contributed by atoms with van der Waals surface area (Å²) >= 11 is 0. The zero-order chi connectivity index (χ0) is 20.0. The first-order valence-corrected chi connectivity index (χ1v) is 8.77. The molecule has 0 aliphatic rings. The van der Waals surface area contributed by atoms with Gasteiger partial charge in [0.1, 0.15) is 5.58 Å². The van der Waals surface area contributed by atoms with Crippen molar-refractivity contribution in [2.45, 2.75) is 20.8 Å². The predicted molar refractivity (Wildman–Crippen MR) is 104 cm³/mol. The summed E-state index contributed by atoms with van der Waals surface area (Å²) in [5, 5.41) is 12.1. The van der Waals surface area contributed by atoms with E-state index in [-0.39, 0.29) is 11.5 Å². The minimum atomic E-state index is -0.429. The molecule has 1 N–H and O–H groups in total. The van der Waals surface area contributed by atoms with Crippen molar-refractivity contribution < 1.29 is 14.0 Å². The fourth-order valence-corrected chi connectivity index (χ4v) is 3.17. The van der Waals surface area contributed by atoms with E-state index < -0.39 is 11.8 Å². The lowest BCUT2D eigenvalue weighted by Gasteiger charge is -2.03. The van der Waals surface area contributed by atoms with Crippen LogP contribution in [-0.4, -0.2) is 31.4 Å². The number of anilines is 1. The van der Waals surface area contributed by atoms with Crippen molar-refractivity contribution in [3.8, 4) is 0 Å². The molecule has 0 fully saturated rings. The number of carbonyl (C=O) groups is 2. The lowest BCUT2D eigenvalue weighted by atomic mass is 10.1. The molecular formula is C20H19N5O3. The highest BCUT2D eigenvalue weighted by Gasteiger charge is 2.22. The average molecular weight is 377 g/mol. The zero-order valence-corrected chi connectivity index (χ0v) is 16.0. The summed E-state index contributed by atoms with van der Waals surface area (Å²) in [7, 11) is 1.81. The number of hydrogen-bond acceptors (Lipinski definition) is 5. The third-order valence-corrected chi connectivity index (χ3v) is 4.82. The van der Waals surface area contributed by atoms with Crippen molar-refractivity contribution in [1.82, 2.24) is 19.6 Å². The number of aromatic nitrogens is 4. The van der Waals surface area contributed by atoms with Crippen LogP contribution in [-0.2, 0) is 7.05 Å². The molecule has 0 saturated heterocycles. The van der Waals surface area contributed by atoms with Gasteiger partial charge in [0.15, 0.2) is 11.5 Å². The van der Waals surface area contributed by atoms with Crippen LogP contribution in [0.4, 0.5) is 5.69 Å². The molecule has 4 aromatic rings. The molecule has 0 aliphatic carbocycles. The van der Waals surface area contributed by atoms with E-state index >= 15 is 0 Å². The molecule has 4 rings (SSSR count). The molecule has 3 aromatic heterocycles. The summed E-state index contributed by atoms with van der Waals surface area (Å²) in [6, 6.07) is 8.92. The maximum atomic E-state index is 12.8. The van der Waals surface area contributed by atoms with E-state index in [0.29, 0.717) is 17.0 Å². The number of fused-ring (bicyclic) bond motifs is 1. The number of furan rings is 1. The highest BCUT2D eigenvalue weighted by molar-refractivity contribution is 6.04. The van der Waals surface area contributed by atoms with Crippen molar-refractivity contribution in [3.63, 3.8) is 0 Å². The fourth-order valence-electron chi connectivity index (χ4n) is 3.17. The molecule has 0 bridgehead atoms. The van der Waals surface area contributed by atoms with Gasteiger partial charge in [-0.1, -0.05) is 18.2 Å². The molecule has 8 heteroatoms. The van der Waals surface area contributed by atoms with Gasteiger partial charge in [0, 0.05) is 24.2 Å². The SMILES string of the molecule is Cc1nn(C)c(C)c1NC(=O)c1ccn(C(=O)c2oc3ccccc3c2C)n1. The van der Waals surface area contributed by atoms with Crippen LogP contribution in [0.2, 0.25) is 0 Å². The number of carbonyl (C=O) groups excluding carboxylic acids is 2. The smallest absolute Gasteiger partial charge is 0.314 e. The average Bonchev–Trinajstić information content (AvgIpc) is 3.36. The summed E-state index contributed by atoms with van der Waals surface area (Å²) in [6.45, 7) is 5.50. The molecule has 8 nitrogen and oxygen atoms in total. The molecule has 142 valence electrons. The zero-order valence-electron chi connectivity index (χ0n) is 16.0. The van der Waals surface area contributed by atoms with Gasteiger partial charge < -0.3 is 9.73 Å². The van der Waals surface area contributed by atoms with Crippen LogP contribution in [0.15, 0.2) is 40.9 Å². The Balaban J connectivity index is 1.60. The quantitative estimate of drug-likeness (QED) is 0.591. The van der Waals surface area contributed by atoms with E-state index in [0.717, 1.165) is 21.3 Å². The molecule has 28 heavy (non-hydrogen) atoms. The number of nitrogens with zero attached hydrogens (tertiary/aromatic N) is 4. The van der Waals surface area contributed by atoms with Crippen molar-refractivity contribution in [2.75, 3.05) is 5.32 Å². The van der Waals surface area contributed by atoms with Gasteiger partial charge in [-0.3, -0.25) is 14.3 Å². The highest BCUT2D eigenvalue weighted by atomic mass is 16.3. The topological polar surface area (TPSA) is 95.0 Å². The number of amides is 1. The molecule has 1 amide bonds. The number of hydrogen-bond donors (Lipinski definition) is 1. The second kappa shape index (κ2) is 6.49. The Hall–Kier alpha value is -3.68. The second-order valence-electron chi connectivity index (χ2n) is 6.63. The number of aryl methyl sites for hydroxylation is 3. The first kappa shape index (κ1) is 17.7. The Morgan fingerprint density at radius 1 is 1.07 bits per heavy atom. The minimum Gasteiger partial charge on any atom is -0.451 e. The largest absolute Gasteiger partial charge is 0.451 e. The van der Waals surface area contributed by atoms with Crippen LogP contribution < -0.4 is 5.32 Å². The lowest BCUT2D eigenvalue weighted by molar-refractivity contribution is 0.0917. The van der Waals surface area contributed by atoms with Crippen molar-refractivity contribution in [3.05, 3.63) is 64.9 Å². The Bertz CT molecular complexity index is 1230. The first-order valence-electron chi connectivity index (χ1n) is 8.77. The van der Waals surface area contributed by atoms with Crippen LogP contribution in [0, 0.1) is 20.8 Å². The van der Waals surface area contributed by atoms with E-state index in [1.54, 1.807) is 17.8 Å². The highest BCUT2D eigenvalue weighted by Crippen LogP contribution is 2.25. The van der Waals surface area contributed by atoms with Gasteiger partial charge in [0.2, 0.25) is 0 Å². The summed E-state index contributed by atoms with van der Waals surface area (Å²) in [4.78, 5) is 25.4. The van der Waals surface area contributed by atoms with Gasteiger partial charge >= 0.3 is 5.91 Å². The maximum Gasteiger partial charge on any atom is 0.314 e. The molecule has 0 atom stereocenters. The van der Waals surface area contributed by atoms with Crippen LogP contribution in [0.1, 0.15) is 38.0 Å². The Labute approximate surface area is 160 Å². The number of benzene rings is 1. The van der Waals surface area contributed by atoms with Gasteiger partial charge in [-0.25, -0.2) is 4.68 Å². The van der Waals surface area contributed by atoms with E-state index in [1.165, 1.54) is 12.3 Å². The molecule has 0 saturated carbocycles. The van der Waals surface area contributed by atoms with Gasteiger partial charge in [-0.2, -0.15) is 10.2 Å². The Kier molecular flexibility index (Phi) is 4.11. The number of nitrogens with one attached hydrogen (secondary N) is 1. The maximum absolute atomic E-state index is 12.8. The standard InChI is InChI=1S/C20H19N5O3/c1-11-14-7-5-6-8-16(14)28-18(11)20(27)25-10-9-15(23-25)19(26)21-17-12(2)22-24(4)13(17)3/h5-10H,1-4H3,(H,21,26). The van der Waals surface area contributed by atoms with Gasteiger partial charge in [-0.05, 0) is 32.9 Å². The minimum absolute atomic E-state index is 0.129. The van der Waals surface area contributed by atoms with Gasteiger partial charge in [-0.15, -0.1) is 0 Å². The summed E-state index contributed by atoms with van der Waals surface area (Å²) in [6.07, 6.45) is 1.45. The predicted octanol–water partition coefficient (Wildman–Crippen LogP) is 3.23. The van der Waals surface area contributed by atoms with Crippen LogP contribution in [0.25, 0.3) is 11.0 Å². The molecule has 0 radical (unpaired) electrons. The number of rotatable bonds is 3. The normalized spacial score (nSPS) is 11.1. The Morgan fingerprint density at radius 3 is 2.50 bits per heavy atom. The third kappa shape index (κ3) is 2.79. The van der Waals surface area contributed by atoms with Crippen molar-refractivity contribution in [1.29, 1.82) is 0 Å². The number of para-hydroxylation sites is 1. The van der Waals surface area contributed by atoms with E-state index in [9.17, 15) is 9.59 Å². The summed E-state index contributed by atoms with van der Waals surface area (Å²) in [5.74, 6) is -0.635. The van der Waals surface area contributed by atoms with Gasteiger partial charge in [0.05, 0.1) is 17.1 Å². The molecular weight excluding hydrogens is 358 g/mol. The van der Waals surface area contributed by atoms with E-state index in [1.807, 2.05) is 39.0 Å². The van der Waals surface area contributed by atoms with Crippen molar-refractivity contribution >= 4 is 28.5 Å². The third-order valence-electron chi connectivity index (χ3n) is 4.82. The lowest BCUT2D eigenvalue weighted by Crippen LogP contribution is -2.17. The van der Waals surface area contributed by atoms with Crippen molar-refractivity contribution in [2.24, 2.45) is 7.05 Å². The van der Waals surface area contributed by atoms with Crippen LogP contribution in [0.3, 0.4) is 0 Å².